The number of nitrogens with zero attached hydrogens (tertiary/aromatic N) is 5. The summed E-state index contributed by atoms with van der Waals surface area (Å²) in [6.07, 6.45) is 1.36. The van der Waals surface area contributed by atoms with Gasteiger partial charge in [0.25, 0.3) is 5.24 Å². The van der Waals surface area contributed by atoms with Crippen molar-refractivity contribution in [2.24, 2.45) is 10.9 Å². The second kappa shape index (κ2) is 9.71. The Morgan fingerprint density at radius 2 is 2.03 bits per heavy atom. The minimum atomic E-state index is -0.897. The quantitative estimate of drug-likeness (QED) is 0.218. The number of halogens is 2. The van der Waals surface area contributed by atoms with Crippen LogP contribution in [-0.2, 0) is 4.84 Å². The van der Waals surface area contributed by atoms with Crippen LogP contribution in [0.25, 0.3) is 0 Å². The number of amidine groups is 1. The number of amides is 1. The van der Waals surface area contributed by atoms with Crippen molar-refractivity contribution in [1.29, 1.82) is 0 Å². The van der Waals surface area contributed by atoms with E-state index in [0.717, 1.165) is 0 Å². The molecular weight excluding hydrogens is 418 g/mol. The molecule has 1 aromatic heterocycles. The SMILES string of the molecule is CON=C(N)CN1CCN(c2c(F)cc(C(NC(=O)S)c3cn[nH]n3)cc2F)CC1. The lowest BCUT2D eigenvalue weighted by molar-refractivity contribution is 0.208. The van der Waals surface area contributed by atoms with Crippen LogP contribution in [-0.4, -0.2) is 71.2 Å². The third kappa shape index (κ3) is 5.16. The number of benzene rings is 1. The van der Waals surface area contributed by atoms with E-state index in [1.54, 1.807) is 4.90 Å². The number of aromatic nitrogens is 3. The summed E-state index contributed by atoms with van der Waals surface area (Å²) in [6.45, 7) is 2.34. The number of oxime groups is 1. The average molecular weight is 440 g/mol. The summed E-state index contributed by atoms with van der Waals surface area (Å²) in [4.78, 5) is 19.7. The highest BCUT2D eigenvalue weighted by molar-refractivity contribution is 7.96. The van der Waals surface area contributed by atoms with Crippen molar-refractivity contribution in [3.8, 4) is 0 Å². The molecule has 1 atom stereocenters. The van der Waals surface area contributed by atoms with E-state index in [1.807, 2.05) is 4.90 Å². The zero-order chi connectivity index (χ0) is 21.7. The maximum absolute atomic E-state index is 14.9. The monoisotopic (exact) mass is 440 g/mol. The molecule has 1 aliphatic heterocycles. The molecule has 2 aromatic rings. The summed E-state index contributed by atoms with van der Waals surface area (Å²) in [6, 6.07) is 1.46. The van der Waals surface area contributed by atoms with Crippen LogP contribution in [0.4, 0.5) is 19.3 Å². The molecule has 1 aromatic carbocycles. The number of hydrogen-bond acceptors (Lipinski definition) is 7. The van der Waals surface area contributed by atoms with Gasteiger partial charge in [-0.3, -0.25) is 9.69 Å². The molecule has 2 heterocycles. The molecule has 1 fully saturated rings. The van der Waals surface area contributed by atoms with Crippen molar-refractivity contribution in [3.05, 3.63) is 41.2 Å². The molecule has 1 aliphatic rings. The highest BCUT2D eigenvalue weighted by Crippen LogP contribution is 2.30. The molecule has 0 aliphatic carbocycles. The van der Waals surface area contributed by atoms with Crippen LogP contribution in [0.3, 0.4) is 0 Å². The molecule has 0 saturated carbocycles. The lowest BCUT2D eigenvalue weighted by atomic mass is 10.0. The number of H-pyrrole nitrogens is 1. The van der Waals surface area contributed by atoms with Gasteiger partial charge in [0.15, 0.2) is 5.84 Å². The van der Waals surface area contributed by atoms with Crippen LogP contribution in [0.2, 0.25) is 0 Å². The smallest absolute Gasteiger partial charge is 0.276 e. The molecule has 1 saturated heterocycles. The van der Waals surface area contributed by atoms with Crippen molar-refractivity contribution in [1.82, 2.24) is 25.6 Å². The van der Waals surface area contributed by atoms with Gasteiger partial charge in [-0.05, 0) is 17.7 Å². The van der Waals surface area contributed by atoms with Gasteiger partial charge in [0.2, 0.25) is 0 Å². The van der Waals surface area contributed by atoms with Gasteiger partial charge in [-0.25, -0.2) is 8.78 Å². The van der Waals surface area contributed by atoms with E-state index in [9.17, 15) is 13.6 Å². The van der Waals surface area contributed by atoms with Crippen molar-refractivity contribution in [3.63, 3.8) is 0 Å². The molecule has 10 nitrogen and oxygen atoms in total. The van der Waals surface area contributed by atoms with Gasteiger partial charge in [-0.1, -0.05) is 17.8 Å². The first kappa shape index (κ1) is 21.8. The van der Waals surface area contributed by atoms with E-state index >= 15 is 0 Å². The van der Waals surface area contributed by atoms with E-state index in [-0.39, 0.29) is 11.3 Å². The number of carbonyl (C=O) groups excluding carboxylic acids is 1. The molecule has 13 heteroatoms. The van der Waals surface area contributed by atoms with Crippen molar-refractivity contribution >= 4 is 29.4 Å². The topological polar surface area (TPSA) is 125 Å². The van der Waals surface area contributed by atoms with Gasteiger partial charge in [0, 0.05) is 26.2 Å². The second-order valence-electron chi connectivity index (χ2n) is 6.64. The van der Waals surface area contributed by atoms with Crippen molar-refractivity contribution in [2.45, 2.75) is 6.04 Å². The predicted molar refractivity (Wildman–Crippen MR) is 109 cm³/mol. The Labute approximate surface area is 176 Å². The van der Waals surface area contributed by atoms with E-state index < -0.39 is 22.9 Å². The largest absolute Gasteiger partial charge is 0.398 e. The van der Waals surface area contributed by atoms with Gasteiger partial charge in [0.1, 0.15) is 36.2 Å². The molecule has 0 spiro atoms. The van der Waals surface area contributed by atoms with Crippen LogP contribution in [0.5, 0.6) is 0 Å². The molecular formula is C17H22F2N8O2S. The molecule has 4 N–H and O–H groups in total. The third-order valence-corrected chi connectivity index (χ3v) is 4.78. The Kier molecular flexibility index (Phi) is 7.05. The van der Waals surface area contributed by atoms with Gasteiger partial charge >= 0.3 is 0 Å². The van der Waals surface area contributed by atoms with Crippen LogP contribution in [0.1, 0.15) is 17.3 Å². The number of nitrogens with two attached hydrogens (primary N) is 1. The fourth-order valence-corrected chi connectivity index (χ4v) is 3.49. The predicted octanol–water partition coefficient (Wildman–Crippen LogP) is 0.852. The first-order chi connectivity index (χ1) is 14.4. The van der Waals surface area contributed by atoms with Gasteiger partial charge in [0.05, 0.1) is 12.7 Å². The van der Waals surface area contributed by atoms with E-state index in [4.69, 9.17) is 5.73 Å². The molecule has 0 radical (unpaired) electrons. The Bertz CT molecular complexity index is 880. The van der Waals surface area contributed by atoms with Gasteiger partial charge in [-0.2, -0.15) is 15.4 Å². The number of aromatic amines is 1. The number of carbonyl (C=O) groups is 1. The van der Waals surface area contributed by atoms with E-state index in [0.29, 0.717) is 44.3 Å². The highest BCUT2D eigenvalue weighted by atomic mass is 32.1. The summed E-state index contributed by atoms with van der Waals surface area (Å²) in [5.74, 6) is -1.14. The number of hydrogen-bond donors (Lipinski definition) is 4. The molecule has 1 amide bonds. The molecule has 30 heavy (non-hydrogen) atoms. The van der Waals surface area contributed by atoms with Crippen LogP contribution >= 0.6 is 12.6 Å². The molecule has 1 unspecified atom stereocenters. The van der Waals surface area contributed by atoms with Gasteiger partial charge < -0.3 is 20.8 Å². The zero-order valence-corrected chi connectivity index (χ0v) is 17.1. The third-order valence-electron chi connectivity index (χ3n) is 4.65. The number of rotatable bonds is 7. The van der Waals surface area contributed by atoms with Crippen LogP contribution in [0.15, 0.2) is 23.5 Å². The highest BCUT2D eigenvalue weighted by Gasteiger charge is 2.26. The zero-order valence-electron chi connectivity index (χ0n) is 16.2. The fourth-order valence-electron chi connectivity index (χ4n) is 3.36. The second-order valence-corrected chi connectivity index (χ2v) is 7.05. The van der Waals surface area contributed by atoms with E-state index in [1.165, 1.54) is 25.4 Å². The van der Waals surface area contributed by atoms with Gasteiger partial charge in [-0.15, -0.1) is 0 Å². The first-order valence-corrected chi connectivity index (χ1v) is 9.50. The summed E-state index contributed by atoms with van der Waals surface area (Å²) in [5.41, 5.74) is 6.10. The Morgan fingerprint density at radius 1 is 1.37 bits per heavy atom. The lowest BCUT2D eigenvalue weighted by Gasteiger charge is -2.36. The standard InChI is InChI=1S/C17H22F2N8O2S/c1-29-24-14(20)9-26-2-4-27(5-3-26)16-11(18)6-10(7-12(16)19)15(22-17(28)30)13-8-21-25-23-13/h6-8,15H,2-5,9H2,1H3,(H2,20,24)(H,21,23,25)(H2,22,28,30). The number of piperazine rings is 1. The lowest BCUT2D eigenvalue weighted by Crippen LogP contribution is -2.49. The van der Waals surface area contributed by atoms with Crippen LogP contribution in [0, 0.1) is 11.6 Å². The first-order valence-electron chi connectivity index (χ1n) is 9.06. The minimum Gasteiger partial charge on any atom is -0.398 e. The summed E-state index contributed by atoms with van der Waals surface area (Å²) in [7, 11) is 1.41. The van der Waals surface area contributed by atoms with E-state index in [2.05, 4.69) is 43.3 Å². The Hall–Kier alpha value is -2.93. The Balaban J connectivity index is 1.77. The summed E-state index contributed by atoms with van der Waals surface area (Å²) in [5, 5.41) is 15.5. The normalized spacial score (nSPS) is 16.4. The summed E-state index contributed by atoms with van der Waals surface area (Å²) >= 11 is 3.69. The molecule has 0 bridgehead atoms. The number of nitrogens with one attached hydrogen (secondary N) is 2. The number of anilines is 1. The summed E-state index contributed by atoms with van der Waals surface area (Å²) < 4.78 is 29.8. The molecule has 162 valence electrons. The molecule has 3 rings (SSSR count). The maximum Gasteiger partial charge on any atom is 0.276 e. The van der Waals surface area contributed by atoms with Crippen molar-refractivity contribution in [2.75, 3.05) is 44.7 Å². The Morgan fingerprint density at radius 3 is 2.57 bits per heavy atom. The average Bonchev–Trinajstić information content (AvgIpc) is 3.21. The van der Waals surface area contributed by atoms with Crippen LogP contribution < -0.4 is 16.0 Å². The maximum atomic E-state index is 14.9. The minimum absolute atomic E-state index is 0.118. The number of thiol groups is 1. The fraction of sp³-hybridized carbons (Fsp3) is 0.412. The van der Waals surface area contributed by atoms with Crippen molar-refractivity contribution < 1.29 is 18.4 Å².